The third-order valence-corrected chi connectivity index (χ3v) is 6.31. The molecule has 2 aliphatic heterocycles. The SMILES string of the molecule is COc1ccc([C@@H](CNC(=O)c2cnc3n(c2=O)CCS3)N2CCCC2)cc1. The molecule has 2 aromatic rings. The van der Waals surface area contributed by atoms with Gasteiger partial charge >= 0.3 is 0 Å². The molecule has 2 aliphatic rings. The molecule has 1 aromatic heterocycles. The second kappa shape index (κ2) is 8.36. The number of ether oxygens (including phenoxy) is 1. The lowest BCUT2D eigenvalue weighted by molar-refractivity contribution is 0.0935. The number of aromatic nitrogens is 2. The van der Waals surface area contributed by atoms with Gasteiger partial charge in [-0.3, -0.25) is 19.1 Å². The third-order valence-electron chi connectivity index (χ3n) is 5.34. The predicted octanol–water partition coefficient (Wildman–Crippen LogP) is 1.92. The molecule has 0 unspecified atom stereocenters. The molecule has 1 amide bonds. The van der Waals surface area contributed by atoms with Crippen LogP contribution in [0.2, 0.25) is 0 Å². The maximum Gasteiger partial charge on any atom is 0.267 e. The van der Waals surface area contributed by atoms with Gasteiger partial charge < -0.3 is 10.1 Å². The van der Waals surface area contributed by atoms with Gasteiger partial charge in [-0.15, -0.1) is 0 Å². The van der Waals surface area contributed by atoms with Gasteiger partial charge in [0.1, 0.15) is 11.3 Å². The van der Waals surface area contributed by atoms with E-state index < -0.39 is 0 Å². The molecule has 1 aromatic carbocycles. The van der Waals surface area contributed by atoms with E-state index in [1.807, 2.05) is 24.3 Å². The van der Waals surface area contributed by atoms with Crippen LogP contribution in [0.25, 0.3) is 0 Å². The van der Waals surface area contributed by atoms with E-state index in [9.17, 15) is 9.59 Å². The molecular weight excluding hydrogens is 376 g/mol. The van der Waals surface area contributed by atoms with Gasteiger partial charge in [0.25, 0.3) is 11.5 Å². The van der Waals surface area contributed by atoms with E-state index in [2.05, 4.69) is 15.2 Å². The van der Waals surface area contributed by atoms with Crippen molar-refractivity contribution in [3.63, 3.8) is 0 Å². The quantitative estimate of drug-likeness (QED) is 0.747. The first-order chi connectivity index (χ1) is 13.7. The van der Waals surface area contributed by atoms with E-state index >= 15 is 0 Å². The summed E-state index contributed by atoms with van der Waals surface area (Å²) in [5.74, 6) is 1.27. The minimum Gasteiger partial charge on any atom is -0.497 e. The van der Waals surface area contributed by atoms with E-state index in [0.29, 0.717) is 18.2 Å². The predicted molar refractivity (Wildman–Crippen MR) is 108 cm³/mol. The molecule has 148 valence electrons. The molecule has 0 spiro atoms. The zero-order chi connectivity index (χ0) is 19.5. The summed E-state index contributed by atoms with van der Waals surface area (Å²) < 4.78 is 6.84. The molecule has 1 fully saturated rings. The summed E-state index contributed by atoms with van der Waals surface area (Å²) in [5, 5.41) is 3.65. The maximum absolute atomic E-state index is 12.7. The van der Waals surface area contributed by atoms with Gasteiger partial charge in [0.2, 0.25) is 0 Å². The fourth-order valence-electron chi connectivity index (χ4n) is 3.79. The first kappa shape index (κ1) is 19.0. The number of rotatable bonds is 6. The fourth-order valence-corrected chi connectivity index (χ4v) is 4.71. The summed E-state index contributed by atoms with van der Waals surface area (Å²) in [6.07, 6.45) is 3.72. The topological polar surface area (TPSA) is 76.5 Å². The molecule has 1 N–H and O–H groups in total. The van der Waals surface area contributed by atoms with Gasteiger partial charge in [0.05, 0.1) is 13.2 Å². The average molecular weight is 401 g/mol. The molecule has 1 saturated heterocycles. The molecule has 0 bridgehead atoms. The van der Waals surface area contributed by atoms with Crippen LogP contribution in [0.15, 0.2) is 40.4 Å². The van der Waals surface area contributed by atoms with Crippen LogP contribution in [-0.2, 0) is 6.54 Å². The second-order valence-electron chi connectivity index (χ2n) is 7.00. The number of nitrogens with one attached hydrogen (secondary N) is 1. The number of methoxy groups -OCH3 is 1. The van der Waals surface area contributed by atoms with Gasteiger partial charge in [0.15, 0.2) is 5.16 Å². The lowest BCUT2D eigenvalue weighted by atomic mass is 10.0. The van der Waals surface area contributed by atoms with Crippen LogP contribution in [0, 0.1) is 0 Å². The Bertz CT molecular complexity index is 907. The molecule has 0 radical (unpaired) electrons. The fraction of sp³-hybridized carbons (Fsp3) is 0.450. The van der Waals surface area contributed by atoms with E-state index in [1.54, 1.807) is 23.4 Å². The van der Waals surface area contributed by atoms with E-state index in [0.717, 1.165) is 43.0 Å². The Morgan fingerprint density at radius 2 is 2.00 bits per heavy atom. The first-order valence-corrected chi connectivity index (χ1v) is 10.5. The van der Waals surface area contributed by atoms with Crippen molar-refractivity contribution in [1.29, 1.82) is 0 Å². The van der Waals surface area contributed by atoms with Crippen molar-refractivity contribution >= 4 is 17.7 Å². The van der Waals surface area contributed by atoms with Crippen molar-refractivity contribution < 1.29 is 9.53 Å². The molecule has 28 heavy (non-hydrogen) atoms. The summed E-state index contributed by atoms with van der Waals surface area (Å²) in [5.41, 5.74) is 0.985. The smallest absolute Gasteiger partial charge is 0.267 e. The van der Waals surface area contributed by atoms with Crippen molar-refractivity contribution in [2.24, 2.45) is 0 Å². The number of hydrogen-bond acceptors (Lipinski definition) is 6. The molecule has 0 saturated carbocycles. The van der Waals surface area contributed by atoms with Crippen LogP contribution in [0.5, 0.6) is 5.75 Å². The van der Waals surface area contributed by atoms with E-state index in [4.69, 9.17) is 4.74 Å². The molecule has 8 heteroatoms. The zero-order valence-corrected chi connectivity index (χ0v) is 16.7. The summed E-state index contributed by atoms with van der Waals surface area (Å²) >= 11 is 1.54. The second-order valence-corrected chi connectivity index (χ2v) is 8.06. The van der Waals surface area contributed by atoms with Crippen LogP contribution in [0.4, 0.5) is 0 Å². The Hall–Kier alpha value is -2.32. The highest BCUT2D eigenvalue weighted by Crippen LogP contribution is 2.26. The summed E-state index contributed by atoms with van der Waals surface area (Å²) in [6.45, 7) is 3.07. The summed E-state index contributed by atoms with van der Waals surface area (Å²) in [7, 11) is 1.65. The highest BCUT2D eigenvalue weighted by molar-refractivity contribution is 7.99. The summed E-state index contributed by atoms with van der Waals surface area (Å²) in [6, 6.07) is 8.02. The Morgan fingerprint density at radius 1 is 1.25 bits per heavy atom. The molecular formula is C20H24N4O3S. The number of carbonyl (C=O) groups excluding carboxylic acids is 1. The molecule has 7 nitrogen and oxygen atoms in total. The highest BCUT2D eigenvalue weighted by atomic mass is 32.2. The molecule has 0 aliphatic carbocycles. The normalized spacial score (nSPS) is 17.3. The van der Waals surface area contributed by atoms with Gasteiger partial charge in [-0.05, 0) is 43.6 Å². The maximum atomic E-state index is 12.7. The van der Waals surface area contributed by atoms with Crippen LogP contribution in [0.3, 0.4) is 0 Å². The number of amides is 1. The number of hydrogen-bond donors (Lipinski definition) is 1. The standard InChI is InChI=1S/C20H24N4O3S/c1-27-15-6-4-14(5-7-15)17(23-8-2-3-9-23)13-21-18(25)16-12-22-20-24(19(16)26)10-11-28-20/h4-7,12,17H,2-3,8-11,13H2,1H3,(H,21,25)/t17-/m1/s1. The van der Waals surface area contributed by atoms with Crippen LogP contribution >= 0.6 is 11.8 Å². The van der Waals surface area contributed by atoms with Crippen LogP contribution in [0.1, 0.15) is 34.8 Å². The minimum atomic E-state index is -0.359. The number of fused-ring (bicyclic) bond motifs is 1. The highest BCUT2D eigenvalue weighted by Gasteiger charge is 2.25. The Morgan fingerprint density at radius 3 is 2.71 bits per heavy atom. The van der Waals surface area contributed by atoms with Crippen molar-refractivity contribution in [1.82, 2.24) is 19.8 Å². The van der Waals surface area contributed by atoms with Crippen LogP contribution in [-0.4, -0.2) is 52.9 Å². The van der Waals surface area contributed by atoms with Gasteiger partial charge in [-0.1, -0.05) is 23.9 Å². The van der Waals surface area contributed by atoms with Gasteiger partial charge in [0, 0.05) is 25.0 Å². The zero-order valence-electron chi connectivity index (χ0n) is 15.9. The largest absolute Gasteiger partial charge is 0.497 e. The monoisotopic (exact) mass is 400 g/mol. The number of thioether (sulfide) groups is 1. The Balaban J connectivity index is 1.51. The van der Waals surface area contributed by atoms with Crippen molar-refractivity contribution in [2.75, 3.05) is 32.5 Å². The average Bonchev–Trinajstić information content (AvgIpc) is 3.41. The van der Waals surface area contributed by atoms with E-state index in [-0.39, 0.29) is 23.1 Å². The van der Waals surface area contributed by atoms with Crippen molar-refractivity contribution in [3.05, 3.63) is 51.9 Å². The van der Waals surface area contributed by atoms with Crippen molar-refractivity contribution in [3.8, 4) is 5.75 Å². The lowest BCUT2D eigenvalue weighted by Gasteiger charge is -2.28. The minimum absolute atomic E-state index is 0.0676. The van der Waals surface area contributed by atoms with Gasteiger partial charge in [-0.2, -0.15) is 0 Å². The number of likely N-dealkylation sites (tertiary alicyclic amines) is 1. The number of nitrogens with zero attached hydrogens (tertiary/aromatic N) is 3. The first-order valence-electron chi connectivity index (χ1n) is 9.56. The van der Waals surface area contributed by atoms with Crippen LogP contribution < -0.4 is 15.6 Å². The lowest BCUT2D eigenvalue weighted by Crippen LogP contribution is -2.39. The molecule has 4 rings (SSSR count). The summed E-state index contributed by atoms with van der Waals surface area (Å²) in [4.78, 5) is 31.9. The van der Waals surface area contributed by atoms with E-state index in [1.165, 1.54) is 6.20 Å². The number of benzene rings is 1. The molecule has 1 atom stereocenters. The molecule has 3 heterocycles. The number of carbonyl (C=O) groups is 1. The third kappa shape index (κ3) is 3.79. The Kier molecular flexibility index (Phi) is 5.68. The Labute approximate surface area is 168 Å². The van der Waals surface area contributed by atoms with Gasteiger partial charge in [-0.25, -0.2) is 4.98 Å². The van der Waals surface area contributed by atoms with Crippen molar-refractivity contribution in [2.45, 2.75) is 30.6 Å².